The Kier molecular flexibility index (Phi) is 3.89. The normalized spacial score (nSPS) is 12.2. The number of aryl methyl sites for hydroxylation is 1. The summed E-state index contributed by atoms with van der Waals surface area (Å²) in [6.45, 7) is 1.91. The molecule has 0 spiro atoms. The standard InChI is InChI=1S/C9H8Br2N2/c1-6-8(11)2-3-9(13-6)7(4-10)5-12/h2-3,7H,4H2,1H3. The summed E-state index contributed by atoms with van der Waals surface area (Å²) in [6, 6.07) is 5.98. The van der Waals surface area contributed by atoms with Crippen LogP contribution in [0.4, 0.5) is 0 Å². The van der Waals surface area contributed by atoms with Crippen molar-refractivity contribution in [1.82, 2.24) is 4.98 Å². The van der Waals surface area contributed by atoms with E-state index in [1.807, 2.05) is 19.1 Å². The SMILES string of the molecule is Cc1nc(C(C#N)CBr)ccc1Br. The lowest BCUT2D eigenvalue weighted by atomic mass is 10.1. The second-order valence-corrected chi connectivity index (χ2v) is 4.14. The summed E-state index contributed by atoms with van der Waals surface area (Å²) < 4.78 is 0.975. The van der Waals surface area contributed by atoms with E-state index in [1.165, 1.54) is 0 Å². The lowest BCUT2D eigenvalue weighted by Gasteiger charge is -2.05. The molecule has 1 aromatic heterocycles. The van der Waals surface area contributed by atoms with E-state index in [0.29, 0.717) is 5.33 Å². The molecular weight excluding hydrogens is 296 g/mol. The van der Waals surface area contributed by atoms with Crippen molar-refractivity contribution in [2.24, 2.45) is 0 Å². The van der Waals surface area contributed by atoms with Crippen LogP contribution >= 0.6 is 31.9 Å². The highest BCUT2D eigenvalue weighted by Gasteiger charge is 2.10. The maximum Gasteiger partial charge on any atom is 0.0981 e. The van der Waals surface area contributed by atoms with E-state index in [-0.39, 0.29) is 5.92 Å². The van der Waals surface area contributed by atoms with E-state index in [2.05, 4.69) is 42.9 Å². The van der Waals surface area contributed by atoms with Crippen molar-refractivity contribution in [1.29, 1.82) is 5.26 Å². The van der Waals surface area contributed by atoms with Gasteiger partial charge < -0.3 is 0 Å². The van der Waals surface area contributed by atoms with Gasteiger partial charge in [0, 0.05) is 9.80 Å². The number of pyridine rings is 1. The second kappa shape index (κ2) is 4.73. The van der Waals surface area contributed by atoms with Gasteiger partial charge in [0.2, 0.25) is 0 Å². The van der Waals surface area contributed by atoms with Crippen molar-refractivity contribution < 1.29 is 0 Å². The van der Waals surface area contributed by atoms with Crippen LogP contribution in [0.3, 0.4) is 0 Å². The average Bonchev–Trinajstić information content (AvgIpc) is 2.13. The zero-order valence-electron chi connectivity index (χ0n) is 7.09. The number of nitriles is 1. The molecule has 0 saturated carbocycles. The van der Waals surface area contributed by atoms with Gasteiger partial charge in [-0.15, -0.1) is 0 Å². The number of hydrogen-bond donors (Lipinski definition) is 0. The topological polar surface area (TPSA) is 36.7 Å². The molecule has 0 aromatic carbocycles. The van der Waals surface area contributed by atoms with Crippen LogP contribution in [0.2, 0.25) is 0 Å². The molecule has 1 unspecified atom stereocenters. The molecule has 0 aliphatic heterocycles. The van der Waals surface area contributed by atoms with Crippen LogP contribution in [-0.2, 0) is 0 Å². The van der Waals surface area contributed by atoms with Crippen molar-refractivity contribution in [3.63, 3.8) is 0 Å². The molecule has 0 saturated heterocycles. The first-order valence-electron chi connectivity index (χ1n) is 3.77. The Morgan fingerprint density at radius 1 is 1.62 bits per heavy atom. The molecule has 1 heterocycles. The van der Waals surface area contributed by atoms with Gasteiger partial charge in [0.25, 0.3) is 0 Å². The maximum absolute atomic E-state index is 8.81. The third-order valence-corrected chi connectivity index (χ3v) is 3.20. The summed E-state index contributed by atoms with van der Waals surface area (Å²) in [5.74, 6) is -0.160. The van der Waals surface area contributed by atoms with Gasteiger partial charge >= 0.3 is 0 Å². The van der Waals surface area contributed by atoms with Crippen LogP contribution in [0.15, 0.2) is 16.6 Å². The number of alkyl halides is 1. The number of aromatic nitrogens is 1. The fourth-order valence-electron chi connectivity index (χ4n) is 0.937. The molecule has 1 aromatic rings. The van der Waals surface area contributed by atoms with Gasteiger partial charge in [-0.2, -0.15) is 5.26 Å². The van der Waals surface area contributed by atoms with Crippen LogP contribution < -0.4 is 0 Å². The van der Waals surface area contributed by atoms with Gasteiger partial charge in [-0.25, -0.2) is 0 Å². The highest BCUT2D eigenvalue weighted by Crippen LogP contribution is 2.20. The average molecular weight is 304 g/mol. The minimum Gasteiger partial charge on any atom is -0.256 e. The van der Waals surface area contributed by atoms with Crippen molar-refractivity contribution in [3.8, 4) is 6.07 Å². The number of nitrogens with zero attached hydrogens (tertiary/aromatic N) is 2. The molecule has 4 heteroatoms. The van der Waals surface area contributed by atoms with Gasteiger partial charge in [-0.05, 0) is 35.0 Å². The Balaban J connectivity index is 3.04. The third kappa shape index (κ3) is 2.52. The van der Waals surface area contributed by atoms with Crippen LogP contribution in [0.25, 0.3) is 0 Å². The van der Waals surface area contributed by atoms with Gasteiger partial charge in [0.05, 0.1) is 23.4 Å². The third-order valence-electron chi connectivity index (χ3n) is 1.71. The molecule has 0 radical (unpaired) electrons. The van der Waals surface area contributed by atoms with Crippen molar-refractivity contribution in [3.05, 3.63) is 28.0 Å². The van der Waals surface area contributed by atoms with Crippen LogP contribution in [0.5, 0.6) is 0 Å². The maximum atomic E-state index is 8.81. The van der Waals surface area contributed by atoms with E-state index >= 15 is 0 Å². The van der Waals surface area contributed by atoms with Crippen molar-refractivity contribution in [2.75, 3.05) is 5.33 Å². The zero-order valence-corrected chi connectivity index (χ0v) is 10.3. The molecule has 2 nitrogen and oxygen atoms in total. The van der Waals surface area contributed by atoms with E-state index in [0.717, 1.165) is 15.9 Å². The molecule has 0 aliphatic carbocycles. The molecule has 0 fully saturated rings. The molecular formula is C9H8Br2N2. The molecule has 68 valence electrons. The lowest BCUT2D eigenvalue weighted by Crippen LogP contribution is -2.01. The van der Waals surface area contributed by atoms with Crippen molar-refractivity contribution in [2.45, 2.75) is 12.8 Å². The second-order valence-electron chi connectivity index (χ2n) is 2.64. The summed E-state index contributed by atoms with van der Waals surface area (Å²) >= 11 is 6.65. The Morgan fingerprint density at radius 3 is 2.77 bits per heavy atom. The predicted molar refractivity (Wildman–Crippen MR) is 58.8 cm³/mol. The van der Waals surface area contributed by atoms with Crippen LogP contribution in [-0.4, -0.2) is 10.3 Å². The minimum absolute atomic E-state index is 0.160. The van der Waals surface area contributed by atoms with E-state index in [9.17, 15) is 0 Å². The zero-order chi connectivity index (χ0) is 9.84. The first-order valence-corrected chi connectivity index (χ1v) is 5.69. The summed E-state index contributed by atoms with van der Waals surface area (Å²) in [5.41, 5.74) is 1.73. The first-order chi connectivity index (χ1) is 6.19. The van der Waals surface area contributed by atoms with Gasteiger partial charge in [0.1, 0.15) is 0 Å². The number of halogens is 2. The quantitative estimate of drug-likeness (QED) is 0.787. The summed E-state index contributed by atoms with van der Waals surface area (Å²) in [5, 5.41) is 9.43. The Labute approximate surface area is 94.2 Å². The Bertz CT molecular complexity index is 344. The van der Waals surface area contributed by atoms with Crippen LogP contribution in [0.1, 0.15) is 17.3 Å². The summed E-state index contributed by atoms with van der Waals surface area (Å²) in [7, 11) is 0. The molecule has 0 N–H and O–H groups in total. The fraction of sp³-hybridized carbons (Fsp3) is 0.333. The molecule has 0 aliphatic rings. The van der Waals surface area contributed by atoms with Crippen molar-refractivity contribution >= 4 is 31.9 Å². The monoisotopic (exact) mass is 302 g/mol. The van der Waals surface area contributed by atoms with E-state index in [1.54, 1.807) is 0 Å². The highest BCUT2D eigenvalue weighted by molar-refractivity contribution is 9.10. The Morgan fingerprint density at radius 2 is 2.31 bits per heavy atom. The Hall–Kier alpha value is -0.400. The van der Waals surface area contributed by atoms with Gasteiger partial charge in [0.15, 0.2) is 0 Å². The van der Waals surface area contributed by atoms with Crippen LogP contribution in [0, 0.1) is 18.3 Å². The first kappa shape index (κ1) is 10.7. The van der Waals surface area contributed by atoms with Gasteiger partial charge in [-0.3, -0.25) is 4.98 Å². The molecule has 0 amide bonds. The summed E-state index contributed by atoms with van der Waals surface area (Å²) in [6.07, 6.45) is 0. The summed E-state index contributed by atoms with van der Waals surface area (Å²) in [4.78, 5) is 4.32. The van der Waals surface area contributed by atoms with Gasteiger partial charge in [-0.1, -0.05) is 15.9 Å². The number of rotatable bonds is 2. The smallest absolute Gasteiger partial charge is 0.0981 e. The highest BCUT2D eigenvalue weighted by atomic mass is 79.9. The lowest BCUT2D eigenvalue weighted by molar-refractivity contribution is 0.920. The van der Waals surface area contributed by atoms with E-state index in [4.69, 9.17) is 5.26 Å². The predicted octanol–water partition coefficient (Wildman–Crippen LogP) is 3.15. The molecule has 1 atom stereocenters. The molecule has 1 rings (SSSR count). The largest absolute Gasteiger partial charge is 0.256 e. The number of hydrogen-bond acceptors (Lipinski definition) is 2. The van der Waals surface area contributed by atoms with E-state index < -0.39 is 0 Å². The molecule has 13 heavy (non-hydrogen) atoms. The minimum atomic E-state index is -0.160. The fourth-order valence-corrected chi connectivity index (χ4v) is 1.63. The molecule has 0 bridgehead atoms.